The molecule has 0 aliphatic carbocycles. The van der Waals surface area contributed by atoms with Gasteiger partial charge in [0.15, 0.2) is 0 Å². The number of carbonyl (C=O) groups is 2. The molecule has 12 heteroatoms. The number of ether oxygens (including phenoxy) is 2. The topological polar surface area (TPSA) is 72.8 Å². The lowest BCUT2D eigenvalue weighted by molar-refractivity contribution is -0.356. The van der Waals surface area contributed by atoms with Gasteiger partial charge < -0.3 is 14.6 Å². The molecule has 0 unspecified atom stereocenters. The minimum absolute atomic E-state index is 0.186. The molecule has 1 N–H and O–H groups in total. The van der Waals surface area contributed by atoms with Crippen LogP contribution in [-0.4, -0.2) is 48.2 Å². The summed E-state index contributed by atoms with van der Waals surface area (Å²) in [5.74, 6) is -3.67. The Morgan fingerprint density at radius 2 is 1.38 bits per heavy atom. The first kappa shape index (κ1) is 22.5. The molecule has 0 radical (unpaired) electrons. The van der Waals surface area contributed by atoms with Gasteiger partial charge in [0.05, 0.1) is 18.8 Å². The van der Waals surface area contributed by atoms with E-state index in [1.165, 1.54) is 12.1 Å². The SMILES string of the molecule is O=C(OCCCOC(=O)C(O)(C(F)(F)F)C(F)(F)F)c1ccc(I)cc1. The van der Waals surface area contributed by atoms with Gasteiger partial charge in [-0.1, -0.05) is 0 Å². The fourth-order valence-corrected chi connectivity index (χ4v) is 1.91. The number of hydrogen-bond donors (Lipinski definition) is 1. The van der Waals surface area contributed by atoms with Gasteiger partial charge in [-0.25, -0.2) is 9.59 Å². The van der Waals surface area contributed by atoms with Crippen molar-refractivity contribution in [2.45, 2.75) is 24.4 Å². The van der Waals surface area contributed by atoms with E-state index in [-0.39, 0.29) is 12.0 Å². The van der Waals surface area contributed by atoms with Crippen LogP contribution in [0.25, 0.3) is 0 Å². The van der Waals surface area contributed by atoms with Gasteiger partial charge in [-0.2, -0.15) is 26.3 Å². The third-order valence-electron chi connectivity index (χ3n) is 2.95. The molecule has 0 fully saturated rings. The normalized spacial score (nSPS) is 12.6. The summed E-state index contributed by atoms with van der Waals surface area (Å²) in [6.07, 6.45) is -13.0. The monoisotopic (exact) mass is 500 g/mol. The summed E-state index contributed by atoms with van der Waals surface area (Å²) in [7, 11) is 0. The molecule has 0 aliphatic rings. The minimum Gasteiger partial charge on any atom is -0.463 e. The van der Waals surface area contributed by atoms with Crippen molar-refractivity contribution in [3.63, 3.8) is 0 Å². The Hall–Kier alpha value is -1.57. The predicted molar refractivity (Wildman–Crippen MR) is 82.1 cm³/mol. The molecule has 26 heavy (non-hydrogen) atoms. The van der Waals surface area contributed by atoms with Crippen LogP contribution in [0.15, 0.2) is 24.3 Å². The summed E-state index contributed by atoms with van der Waals surface area (Å²) < 4.78 is 83.9. The number of hydrogen-bond acceptors (Lipinski definition) is 5. The van der Waals surface area contributed by atoms with E-state index in [1.807, 2.05) is 22.6 Å². The zero-order valence-corrected chi connectivity index (χ0v) is 14.8. The number of rotatable bonds is 6. The Morgan fingerprint density at radius 1 is 0.923 bits per heavy atom. The highest BCUT2D eigenvalue weighted by Gasteiger charge is 2.76. The summed E-state index contributed by atoms with van der Waals surface area (Å²) in [6, 6.07) is 6.15. The second kappa shape index (κ2) is 8.41. The van der Waals surface area contributed by atoms with Crippen molar-refractivity contribution >= 4 is 34.5 Å². The van der Waals surface area contributed by atoms with E-state index < -0.39 is 43.1 Å². The summed E-state index contributed by atoms with van der Waals surface area (Å²) in [5.41, 5.74) is -5.44. The molecule has 0 atom stereocenters. The van der Waals surface area contributed by atoms with Gasteiger partial charge >= 0.3 is 29.9 Å². The van der Waals surface area contributed by atoms with Crippen LogP contribution in [0.3, 0.4) is 0 Å². The Bertz CT molecular complexity index is 627. The van der Waals surface area contributed by atoms with Gasteiger partial charge in [0, 0.05) is 9.99 Å². The van der Waals surface area contributed by atoms with Crippen molar-refractivity contribution in [2.24, 2.45) is 0 Å². The van der Waals surface area contributed by atoms with E-state index in [9.17, 15) is 35.9 Å². The van der Waals surface area contributed by atoms with Gasteiger partial charge in [0.25, 0.3) is 0 Å². The Morgan fingerprint density at radius 3 is 1.85 bits per heavy atom. The van der Waals surface area contributed by atoms with Gasteiger partial charge in [-0.3, -0.25) is 0 Å². The fourth-order valence-electron chi connectivity index (χ4n) is 1.55. The van der Waals surface area contributed by atoms with Gasteiger partial charge in [-0.15, -0.1) is 0 Å². The van der Waals surface area contributed by atoms with Crippen molar-refractivity contribution in [2.75, 3.05) is 13.2 Å². The largest absolute Gasteiger partial charge is 0.463 e. The van der Waals surface area contributed by atoms with Crippen LogP contribution >= 0.6 is 22.6 Å². The second-order valence-corrected chi connectivity index (χ2v) is 6.08. The molecular formula is C14H11F6IO5. The molecule has 0 bridgehead atoms. The lowest BCUT2D eigenvalue weighted by Crippen LogP contribution is -2.63. The molecule has 0 amide bonds. The maximum atomic E-state index is 12.4. The smallest absolute Gasteiger partial charge is 0.437 e. The number of esters is 2. The quantitative estimate of drug-likeness (QED) is 0.281. The van der Waals surface area contributed by atoms with E-state index in [0.29, 0.717) is 0 Å². The minimum atomic E-state index is -6.31. The van der Waals surface area contributed by atoms with E-state index in [0.717, 1.165) is 3.57 Å². The molecular weight excluding hydrogens is 489 g/mol. The zero-order valence-electron chi connectivity index (χ0n) is 12.7. The average molecular weight is 500 g/mol. The molecule has 5 nitrogen and oxygen atoms in total. The molecule has 0 heterocycles. The molecule has 0 spiro atoms. The average Bonchev–Trinajstić information content (AvgIpc) is 2.51. The molecule has 1 aromatic rings. The lowest BCUT2D eigenvalue weighted by atomic mass is 10.0. The highest BCUT2D eigenvalue weighted by atomic mass is 127. The maximum Gasteiger partial charge on any atom is 0.437 e. The van der Waals surface area contributed by atoms with Crippen LogP contribution < -0.4 is 0 Å². The first-order valence-corrected chi connectivity index (χ1v) is 7.84. The second-order valence-electron chi connectivity index (χ2n) is 4.84. The standard InChI is InChI=1S/C14H11F6IO5/c15-13(16,17)12(24,14(18,19)20)11(23)26-7-1-6-25-10(22)8-2-4-9(21)5-3-8/h2-5,24H,1,6-7H2. The Kier molecular flexibility index (Phi) is 7.27. The number of benzene rings is 1. The predicted octanol–water partition coefficient (Wildman–Crippen LogP) is 3.24. The molecule has 1 rings (SSSR count). The molecule has 0 aromatic heterocycles. The third-order valence-corrected chi connectivity index (χ3v) is 3.67. The van der Waals surface area contributed by atoms with E-state index in [1.54, 1.807) is 12.1 Å². The number of aliphatic hydroxyl groups is 1. The molecule has 1 aromatic carbocycles. The zero-order chi connectivity index (χ0) is 20.2. The lowest BCUT2D eigenvalue weighted by Gasteiger charge is -2.29. The fraction of sp³-hybridized carbons (Fsp3) is 0.429. The highest BCUT2D eigenvalue weighted by molar-refractivity contribution is 14.1. The third kappa shape index (κ3) is 5.22. The van der Waals surface area contributed by atoms with Crippen LogP contribution in [0.4, 0.5) is 26.3 Å². The Labute approximate surface area is 156 Å². The van der Waals surface area contributed by atoms with Crippen molar-refractivity contribution < 1.29 is 50.5 Å². The number of halogens is 7. The van der Waals surface area contributed by atoms with Gasteiger partial charge in [-0.05, 0) is 46.9 Å². The van der Waals surface area contributed by atoms with Crippen molar-refractivity contribution in [3.8, 4) is 0 Å². The summed E-state index contributed by atoms with van der Waals surface area (Å²) in [6.45, 7) is -1.35. The van der Waals surface area contributed by atoms with Crippen molar-refractivity contribution in [1.82, 2.24) is 0 Å². The van der Waals surface area contributed by atoms with E-state index >= 15 is 0 Å². The number of carbonyl (C=O) groups excluding carboxylic acids is 2. The number of alkyl halides is 6. The van der Waals surface area contributed by atoms with Crippen LogP contribution in [0, 0.1) is 3.57 Å². The maximum absolute atomic E-state index is 12.4. The first-order valence-electron chi connectivity index (χ1n) is 6.76. The van der Waals surface area contributed by atoms with Crippen molar-refractivity contribution in [1.29, 1.82) is 0 Å². The van der Waals surface area contributed by atoms with E-state index in [4.69, 9.17) is 9.84 Å². The van der Waals surface area contributed by atoms with Gasteiger partial charge in [0.1, 0.15) is 0 Å². The summed E-state index contributed by atoms with van der Waals surface area (Å²) >= 11 is 2.00. The van der Waals surface area contributed by atoms with E-state index in [2.05, 4.69) is 4.74 Å². The molecule has 146 valence electrons. The van der Waals surface area contributed by atoms with Crippen LogP contribution in [0.2, 0.25) is 0 Å². The van der Waals surface area contributed by atoms with Crippen LogP contribution in [0.1, 0.15) is 16.8 Å². The molecule has 0 saturated heterocycles. The summed E-state index contributed by atoms with van der Waals surface area (Å²) in [5, 5.41) is 8.76. The first-order chi connectivity index (χ1) is 11.8. The molecule has 0 saturated carbocycles. The van der Waals surface area contributed by atoms with Crippen molar-refractivity contribution in [3.05, 3.63) is 33.4 Å². The van der Waals surface area contributed by atoms with Crippen LogP contribution in [-0.2, 0) is 14.3 Å². The van der Waals surface area contributed by atoms with Crippen LogP contribution in [0.5, 0.6) is 0 Å². The highest BCUT2D eigenvalue weighted by Crippen LogP contribution is 2.43. The summed E-state index contributed by atoms with van der Waals surface area (Å²) in [4.78, 5) is 22.7. The van der Waals surface area contributed by atoms with Gasteiger partial charge in [0.2, 0.25) is 0 Å². The Balaban J connectivity index is 2.51. The molecule has 0 aliphatic heterocycles.